The minimum absolute atomic E-state index is 0.0108. The molecule has 1 aromatic rings. The van der Waals surface area contributed by atoms with E-state index in [4.69, 9.17) is 4.74 Å². The van der Waals surface area contributed by atoms with Gasteiger partial charge >= 0.3 is 0 Å². The Balaban J connectivity index is 2.36. The van der Waals surface area contributed by atoms with Gasteiger partial charge in [0.25, 0.3) is 5.69 Å². The first kappa shape index (κ1) is 13.6. The third-order valence-electron chi connectivity index (χ3n) is 3.49. The van der Waals surface area contributed by atoms with Crippen molar-refractivity contribution in [1.82, 2.24) is 0 Å². The molecular weight excluding hydrogens is 248 g/mol. The van der Waals surface area contributed by atoms with Crippen molar-refractivity contribution >= 4 is 11.4 Å². The average molecular weight is 266 g/mol. The Kier molecular flexibility index (Phi) is 4.21. The lowest BCUT2D eigenvalue weighted by molar-refractivity contribution is -0.384. The highest BCUT2D eigenvalue weighted by molar-refractivity contribution is 5.58. The van der Waals surface area contributed by atoms with Crippen molar-refractivity contribution < 1.29 is 14.8 Å². The van der Waals surface area contributed by atoms with E-state index in [9.17, 15) is 15.2 Å². The van der Waals surface area contributed by atoms with Crippen LogP contribution < -0.4 is 9.64 Å². The normalized spacial score (nSPS) is 19.3. The number of rotatable bonds is 4. The predicted octanol–water partition coefficient (Wildman–Crippen LogP) is 1.95. The quantitative estimate of drug-likeness (QED) is 0.666. The van der Waals surface area contributed by atoms with Gasteiger partial charge in [-0.2, -0.15) is 0 Å². The second-order valence-electron chi connectivity index (χ2n) is 4.67. The summed E-state index contributed by atoms with van der Waals surface area (Å²) in [5, 5.41) is 20.4. The average Bonchev–Trinajstić information content (AvgIpc) is 2.46. The molecule has 0 saturated carbocycles. The molecule has 1 unspecified atom stereocenters. The maximum absolute atomic E-state index is 10.9. The molecule has 0 aliphatic carbocycles. The number of aliphatic hydroxyl groups excluding tert-OH is 1. The second-order valence-corrected chi connectivity index (χ2v) is 4.67. The summed E-state index contributed by atoms with van der Waals surface area (Å²) < 4.78 is 5.11. The van der Waals surface area contributed by atoms with Gasteiger partial charge in [0.1, 0.15) is 5.75 Å². The summed E-state index contributed by atoms with van der Waals surface area (Å²) >= 11 is 0. The van der Waals surface area contributed by atoms with E-state index in [-0.39, 0.29) is 18.3 Å². The maximum atomic E-state index is 10.9. The van der Waals surface area contributed by atoms with Crippen LogP contribution in [0, 0.1) is 10.1 Å². The van der Waals surface area contributed by atoms with Crippen LogP contribution in [0.5, 0.6) is 5.75 Å². The summed E-state index contributed by atoms with van der Waals surface area (Å²) in [4.78, 5) is 12.5. The standard InChI is InChI=1S/C13H18N2O4/c1-19-13-7-11(6-12(8-13)15(17)18)14-5-3-2-4-10(14)9-16/h6-8,10,16H,2-5,9H2,1H3. The highest BCUT2D eigenvalue weighted by Gasteiger charge is 2.24. The third kappa shape index (κ3) is 2.96. The Morgan fingerprint density at radius 2 is 2.26 bits per heavy atom. The van der Waals surface area contributed by atoms with Gasteiger partial charge in [0, 0.05) is 24.4 Å². The first-order chi connectivity index (χ1) is 9.15. The molecule has 1 aliphatic rings. The van der Waals surface area contributed by atoms with Gasteiger partial charge in [-0.05, 0) is 19.3 Å². The number of benzene rings is 1. The number of anilines is 1. The number of aliphatic hydroxyl groups is 1. The monoisotopic (exact) mass is 266 g/mol. The van der Waals surface area contributed by atoms with E-state index >= 15 is 0 Å². The molecule has 1 saturated heterocycles. The predicted molar refractivity (Wildman–Crippen MR) is 71.7 cm³/mol. The van der Waals surface area contributed by atoms with E-state index in [0.717, 1.165) is 31.5 Å². The Bertz CT molecular complexity index is 464. The molecule has 0 bridgehead atoms. The van der Waals surface area contributed by atoms with Crippen LogP contribution in [-0.4, -0.2) is 36.3 Å². The molecule has 0 spiro atoms. The number of hydrogen-bond donors (Lipinski definition) is 1. The number of nitrogens with zero attached hydrogens (tertiary/aromatic N) is 2. The Labute approximate surface area is 111 Å². The van der Waals surface area contributed by atoms with Crippen LogP contribution in [0.3, 0.4) is 0 Å². The van der Waals surface area contributed by atoms with Crippen molar-refractivity contribution in [3.05, 3.63) is 28.3 Å². The highest BCUT2D eigenvalue weighted by atomic mass is 16.6. The molecule has 1 fully saturated rings. The lowest BCUT2D eigenvalue weighted by Crippen LogP contribution is -2.41. The number of ether oxygens (including phenoxy) is 1. The van der Waals surface area contributed by atoms with Gasteiger partial charge in [-0.3, -0.25) is 10.1 Å². The van der Waals surface area contributed by atoms with E-state index in [1.54, 1.807) is 6.07 Å². The third-order valence-corrected chi connectivity index (χ3v) is 3.49. The minimum Gasteiger partial charge on any atom is -0.496 e. The zero-order chi connectivity index (χ0) is 13.8. The first-order valence-electron chi connectivity index (χ1n) is 6.36. The van der Waals surface area contributed by atoms with Gasteiger partial charge in [-0.15, -0.1) is 0 Å². The van der Waals surface area contributed by atoms with Gasteiger partial charge in [0.15, 0.2) is 0 Å². The summed E-state index contributed by atoms with van der Waals surface area (Å²) in [5.74, 6) is 0.464. The largest absolute Gasteiger partial charge is 0.496 e. The molecule has 6 heteroatoms. The highest BCUT2D eigenvalue weighted by Crippen LogP contribution is 2.32. The number of hydrogen-bond acceptors (Lipinski definition) is 5. The maximum Gasteiger partial charge on any atom is 0.275 e. The zero-order valence-corrected chi connectivity index (χ0v) is 10.9. The van der Waals surface area contributed by atoms with Gasteiger partial charge in [0.2, 0.25) is 0 Å². The fourth-order valence-corrected chi connectivity index (χ4v) is 2.49. The van der Waals surface area contributed by atoms with E-state index in [1.165, 1.54) is 19.2 Å². The van der Waals surface area contributed by atoms with Crippen LogP contribution in [0.15, 0.2) is 18.2 Å². The van der Waals surface area contributed by atoms with E-state index in [2.05, 4.69) is 0 Å². The van der Waals surface area contributed by atoms with Gasteiger partial charge in [-0.1, -0.05) is 0 Å². The number of methoxy groups -OCH3 is 1. The Morgan fingerprint density at radius 3 is 2.89 bits per heavy atom. The van der Waals surface area contributed by atoms with Gasteiger partial charge < -0.3 is 14.7 Å². The number of nitro benzene ring substituents is 1. The van der Waals surface area contributed by atoms with Crippen molar-refractivity contribution in [2.45, 2.75) is 25.3 Å². The van der Waals surface area contributed by atoms with Crippen LogP contribution >= 0.6 is 0 Å². The van der Waals surface area contributed by atoms with Crippen molar-refractivity contribution in [2.24, 2.45) is 0 Å². The number of non-ortho nitro benzene ring substituents is 1. The Morgan fingerprint density at radius 1 is 1.47 bits per heavy atom. The lowest BCUT2D eigenvalue weighted by Gasteiger charge is -2.36. The van der Waals surface area contributed by atoms with Gasteiger partial charge in [-0.25, -0.2) is 0 Å². The number of nitro groups is 1. The fraction of sp³-hybridized carbons (Fsp3) is 0.538. The molecule has 2 rings (SSSR count). The fourth-order valence-electron chi connectivity index (χ4n) is 2.49. The molecule has 1 aliphatic heterocycles. The molecule has 1 N–H and O–H groups in total. The summed E-state index contributed by atoms with van der Waals surface area (Å²) in [6.07, 6.45) is 3.01. The van der Waals surface area contributed by atoms with E-state index < -0.39 is 4.92 Å². The number of piperidine rings is 1. The molecule has 1 aromatic carbocycles. The van der Waals surface area contributed by atoms with Crippen LogP contribution in [0.25, 0.3) is 0 Å². The van der Waals surface area contributed by atoms with Crippen LogP contribution in [-0.2, 0) is 0 Å². The summed E-state index contributed by atoms with van der Waals surface area (Å²) in [5.41, 5.74) is 0.751. The van der Waals surface area contributed by atoms with E-state index in [0.29, 0.717) is 5.75 Å². The molecule has 0 aromatic heterocycles. The van der Waals surface area contributed by atoms with Crippen molar-refractivity contribution in [3.8, 4) is 5.75 Å². The molecule has 19 heavy (non-hydrogen) atoms. The van der Waals surface area contributed by atoms with Crippen molar-refractivity contribution in [2.75, 3.05) is 25.2 Å². The molecule has 0 amide bonds. The van der Waals surface area contributed by atoms with Crippen LogP contribution in [0.1, 0.15) is 19.3 Å². The minimum atomic E-state index is -0.427. The van der Waals surface area contributed by atoms with Crippen LogP contribution in [0.2, 0.25) is 0 Å². The van der Waals surface area contributed by atoms with Crippen molar-refractivity contribution in [1.29, 1.82) is 0 Å². The molecule has 6 nitrogen and oxygen atoms in total. The molecule has 1 atom stereocenters. The summed E-state index contributed by atoms with van der Waals surface area (Å²) in [7, 11) is 1.49. The summed E-state index contributed by atoms with van der Waals surface area (Å²) in [6, 6.07) is 4.75. The van der Waals surface area contributed by atoms with Crippen molar-refractivity contribution in [3.63, 3.8) is 0 Å². The smallest absolute Gasteiger partial charge is 0.275 e. The SMILES string of the molecule is COc1cc(N2CCCCC2CO)cc([N+](=O)[O-])c1. The molecule has 1 heterocycles. The van der Waals surface area contributed by atoms with E-state index in [1.807, 2.05) is 4.90 Å². The lowest BCUT2D eigenvalue weighted by atomic mass is 10.0. The topological polar surface area (TPSA) is 75.8 Å². The van der Waals surface area contributed by atoms with Crippen LogP contribution in [0.4, 0.5) is 11.4 Å². The molecular formula is C13H18N2O4. The zero-order valence-electron chi connectivity index (χ0n) is 10.9. The molecule has 0 radical (unpaired) electrons. The summed E-state index contributed by atoms with van der Waals surface area (Å²) in [6.45, 7) is 0.862. The van der Waals surface area contributed by atoms with Gasteiger partial charge in [0.05, 0.1) is 30.7 Å². The first-order valence-corrected chi connectivity index (χ1v) is 6.36. The second kappa shape index (κ2) is 5.88. The Hall–Kier alpha value is -1.82. The molecule has 104 valence electrons.